The smallest absolute Gasteiger partial charge is 0.220 e. The van der Waals surface area contributed by atoms with Crippen molar-refractivity contribution in [3.05, 3.63) is 23.8 Å². The van der Waals surface area contributed by atoms with Gasteiger partial charge >= 0.3 is 0 Å². The average Bonchev–Trinajstić information content (AvgIpc) is 2.27. The van der Waals surface area contributed by atoms with Crippen molar-refractivity contribution in [3.63, 3.8) is 0 Å². The standard InChI is InChI=1S/C14H21NO3/c1-14(2,3)11-9-10(17-4)5-6-12(11)18-8-7-13(15)16/h5-6,9H,7-8H2,1-4H3,(H2,15,16). The predicted molar refractivity (Wildman–Crippen MR) is 71.0 cm³/mol. The first-order valence-corrected chi connectivity index (χ1v) is 5.94. The van der Waals surface area contributed by atoms with E-state index in [0.717, 1.165) is 17.1 Å². The van der Waals surface area contributed by atoms with Crippen LogP contribution in [0.3, 0.4) is 0 Å². The summed E-state index contributed by atoms with van der Waals surface area (Å²) in [6.45, 7) is 6.60. The van der Waals surface area contributed by atoms with Crippen molar-refractivity contribution in [1.29, 1.82) is 0 Å². The highest BCUT2D eigenvalue weighted by atomic mass is 16.5. The third-order valence-electron chi connectivity index (χ3n) is 2.60. The lowest BCUT2D eigenvalue weighted by molar-refractivity contribution is -0.118. The van der Waals surface area contributed by atoms with E-state index in [9.17, 15) is 4.79 Å². The van der Waals surface area contributed by atoms with E-state index in [1.165, 1.54) is 0 Å². The predicted octanol–water partition coefficient (Wildman–Crippen LogP) is 2.25. The first-order valence-electron chi connectivity index (χ1n) is 5.94. The normalized spacial score (nSPS) is 11.1. The molecule has 0 radical (unpaired) electrons. The van der Waals surface area contributed by atoms with E-state index in [0.29, 0.717) is 6.61 Å². The summed E-state index contributed by atoms with van der Waals surface area (Å²) < 4.78 is 10.8. The fourth-order valence-corrected chi connectivity index (χ4v) is 1.61. The maximum absolute atomic E-state index is 10.7. The summed E-state index contributed by atoms with van der Waals surface area (Å²) in [6.07, 6.45) is 0.218. The van der Waals surface area contributed by atoms with Crippen molar-refractivity contribution >= 4 is 5.91 Å². The summed E-state index contributed by atoms with van der Waals surface area (Å²) in [5, 5.41) is 0. The molecule has 0 saturated heterocycles. The minimum Gasteiger partial charge on any atom is -0.497 e. The van der Waals surface area contributed by atoms with Crippen LogP contribution in [0.5, 0.6) is 11.5 Å². The van der Waals surface area contributed by atoms with Crippen molar-refractivity contribution in [2.24, 2.45) is 5.73 Å². The SMILES string of the molecule is COc1ccc(OCCC(N)=O)c(C(C)(C)C)c1. The van der Waals surface area contributed by atoms with Crippen molar-refractivity contribution in [3.8, 4) is 11.5 Å². The van der Waals surface area contributed by atoms with Crippen LogP contribution in [0.25, 0.3) is 0 Å². The summed E-state index contributed by atoms with van der Waals surface area (Å²) in [7, 11) is 1.63. The summed E-state index contributed by atoms with van der Waals surface area (Å²) in [6, 6.07) is 5.66. The van der Waals surface area contributed by atoms with E-state index in [1.54, 1.807) is 7.11 Å². The summed E-state index contributed by atoms with van der Waals surface area (Å²) in [5.41, 5.74) is 6.08. The Morgan fingerprint density at radius 2 is 2.00 bits per heavy atom. The molecule has 0 saturated carbocycles. The van der Waals surface area contributed by atoms with Crippen LogP contribution in [0.1, 0.15) is 32.8 Å². The molecule has 0 bridgehead atoms. The number of methoxy groups -OCH3 is 1. The van der Waals surface area contributed by atoms with E-state index in [4.69, 9.17) is 15.2 Å². The second kappa shape index (κ2) is 5.76. The van der Waals surface area contributed by atoms with Crippen molar-refractivity contribution in [2.45, 2.75) is 32.6 Å². The highest BCUT2D eigenvalue weighted by Crippen LogP contribution is 2.34. The van der Waals surface area contributed by atoms with Gasteiger partial charge in [-0.25, -0.2) is 0 Å². The maximum Gasteiger partial charge on any atom is 0.220 e. The van der Waals surface area contributed by atoms with Gasteiger partial charge in [0.25, 0.3) is 0 Å². The van der Waals surface area contributed by atoms with Gasteiger partial charge in [0.2, 0.25) is 5.91 Å². The first kappa shape index (κ1) is 14.4. The molecule has 1 amide bonds. The number of hydrogen-bond acceptors (Lipinski definition) is 3. The minimum atomic E-state index is -0.360. The van der Waals surface area contributed by atoms with Crippen LogP contribution in [0.15, 0.2) is 18.2 Å². The average molecular weight is 251 g/mol. The number of hydrogen-bond donors (Lipinski definition) is 1. The Morgan fingerprint density at radius 1 is 1.33 bits per heavy atom. The largest absolute Gasteiger partial charge is 0.497 e. The molecule has 4 nitrogen and oxygen atoms in total. The van der Waals surface area contributed by atoms with Gasteiger partial charge in [0.05, 0.1) is 20.1 Å². The minimum absolute atomic E-state index is 0.0589. The number of amides is 1. The van der Waals surface area contributed by atoms with Crippen molar-refractivity contribution < 1.29 is 14.3 Å². The number of primary amides is 1. The third-order valence-corrected chi connectivity index (χ3v) is 2.60. The highest BCUT2D eigenvalue weighted by Gasteiger charge is 2.20. The zero-order valence-corrected chi connectivity index (χ0v) is 11.4. The van der Waals surface area contributed by atoms with Crippen LogP contribution < -0.4 is 15.2 Å². The number of carbonyl (C=O) groups is 1. The van der Waals surface area contributed by atoms with Gasteiger partial charge in [0.15, 0.2) is 0 Å². The molecule has 0 spiro atoms. The van der Waals surface area contributed by atoms with Crippen LogP contribution >= 0.6 is 0 Å². The molecule has 0 atom stereocenters. The Bertz CT molecular complexity index is 422. The summed E-state index contributed by atoms with van der Waals surface area (Å²) in [5.74, 6) is 1.20. The third kappa shape index (κ3) is 3.95. The second-order valence-corrected chi connectivity index (χ2v) is 5.18. The van der Waals surface area contributed by atoms with E-state index in [-0.39, 0.29) is 17.7 Å². The Hall–Kier alpha value is -1.71. The molecule has 0 unspecified atom stereocenters. The lowest BCUT2D eigenvalue weighted by Gasteiger charge is -2.23. The number of rotatable bonds is 5. The maximum atomic E-state index is 10.7. The number of nitrogens with two attached hydrogens (primary N) is 1. The molecule has 0 aliphatic heterocycles. The molecule has 0 aliphatic carbocycles. The zero-order chi connectivity index (χ0) is 13.8. The molecule has 100 valence electrons. The molecule has 18 heavy (non-hydrogen) atoms. The zero-order valence-electron chi connectivity index (χ0n) is 11.4. The van der Waals surface area contributed by atoms with Gasteiger partial charge in [-0.05, 0) is 23.6 Å². The molecule has 1 aromatic carbocycles. The molecule has 2 N–H and O–H groups in total. The fourth-order valence-electron chi connectivity index (χ4n) is 1.61. The molecule has 0 aromatic heterocycles. The quantitative estimate of drug-likeness (QED) is 0.873. The molecule has 1 aromatic rings. The summed E-state index contributed by atoms with van der Waals surface area (Å²) >= 11 is 0. The molecule has 1 rings (SSSR count). The van der Waals surface area contributed by atoms with Gasteiger partial charge in [-0.2, -0.15) is 0 Å². The van der Waals surface area contributed by atoms with Crippen LogP contribution in [0.4, 0.5) is 0 Å². The van der Waals surface area contributed by atoms with Crippen LogP contribution in [0.2, 0.25) is 0 Å². The van der Waals surface area contributed by atoms with Gasteiger partial charge in [-0.15, -0.1) is 0 Å². The fraction of sp³-hybridized carbons (Fsp3) is 0.500. The van der Waals surface area contributed by atoms with Crippen molar-refractivity contribution in [1.82, 2.24) is 0 Å². The molecule has 0 heterocycles. The van der Waals surface area contributed by atoms with Crippen molar-refractivity contribution in [2.75, 3.05) is 13.7 Å². The second-order valence-electron chi connectivity index (χ2n) is 5.18. The number of carbonyl (C=O) groups excluding carboxylic acids is 1. The van der Waals surface area contributed by atoms with Gasteiger partial charge in [0, 0.05) is 5.56 Å². The van der Waals surface area contributed by atoms with Gasteiger partial charge in [-0.3, -0.25) is 4.79 Å². The van der Waals surface area contributed by atoms with E-state index in [1.807, 2.05) is 18.2 Å². The van der Waals surface area contributed by atoms with E-state index in [2.05, 4.69) is 20.8 Å². The molecule has 4 heteroatoms. The monoisotopic (exact) mass is 251 g/mol. The molecule has 0 fully saturated rings. The Morgan fingerprint density at radius 3 is 2.50 bits per heavy atom. The Balaban J connectivity index is 2.92. The topological polar surface area (TPSA) is 61.6 Å². The lowest BCUT2D eigenvalue weighted by Crippen LogP contribution is -2.17. The lowest BCUT2D eigenvalue weighted by atomic mass is 9.86. The Labute approximate surface area is 108 Å². The number of benzene rings is 1. The highest BCUT2D eigenvalue weighted by molar-refractivity contribution is 5.73. The van der Waals surface area contributed by atoms with Crippen LogP contribution in [-0.4, -0.2) is 19.6 Å². The van der Waals surface area contributed by atoms with Gasteiger partial charge in [0.1, 0.15) is 11.5 Å². The summed E-state index contributed by atoms with van der Waals surface area (Å²) in [4.78, 5) is 10.7. The molecular formula is C14H21NO3. The Kier molecular flexibility index (Phi) is 4.59. The molecular weight excluding hydrogens is 230 g/mol. The van der Waals surface area contributed by atoms with Crippen LogP contribution in [-0.2, 0) is 10.2 Å². The first-order chi connectivity index (χ1) is 8.34. The van der Waals surface area contributed by atoms with E-state index >= 15 is 0 Å². The van der Waals surface area contributed by atoms with Crippen LogP contribution in [0, 0.1) is 0 Å². The van der Waals surface area contributed by atoms with E-state index < -0.39 is 0 Å². The number of ether oxygens (including phenoxy) is 2. The molecule has 0 aliphatic rings. The van der Waals surface area contributed by atoms with Gasteiger partial charge < -0.3 is 15.2 Å². The van der Waals surface area contributed by atoms with Gasteiger partial charge in [-0.1, -0.05) is 20.8 Å².